The molecule has 0 radical (unpaired) electrons. The number of aromatic nitrogens is 3. The number of para-hydroxylation sites is 1. The molecule has 6 nitrogen and oxygen atoms in total. The third kappa shape index (κ3) is 2.94. The largest absolute Gasteiger partial charge is 0.504 e. The SMILES string of the molecule is Oc1cccc(CNCCn2ccnn2)c1O. The maximum absolute atomic E-state index is 9.56. The summed E-state index contributed by atoms with van der Waals surface area (Å²) in [6.07, 6.45) is 3.41. The van der Waals surface area contributed by atoms with Gasteiger partial charge in [-0.05, 0) is 6.07 Å². The van der Waals surface area contributed by atoms with Crippen LogP contribution in [0.3, 0.4) is 0 Å². The molecule has 0 bridgehead atoms. The fourth-order valence-corrected chi connectivity index (χ4v) is 1.49. The van der Waals surface area contributed by atoms with Gasteiger partial charge in [0.2, 0.25) is 0 Å². The lowest BCUT2D eigenvalue weighted by Crippen LogP contribution is -2.19. The second-order valence-corrected chi connectivity index (χ2v) is 3.63. The van der Waals surface area contributed by atoms with Crippen LogP contribution >= 0.6 is 0 Å². The van der Waals surface area contributed by atoms with Crippen molar-refractivity contribution in [1.29, 1.82) is 0 Å². The van der Waals surface area contributed by atoms with E-state index >= 15 is 0 Å². The second kappa shape index (κ2) is 5.31. The summed E-state index contributed by atoms with van der Waals surface area (Å²) < 4.78 is 1.72. The Morgan fingerprint density at radius 1 is 1.29 bits per heavy atom. The van der Waals surface area contributed by atoms with Crippen LogP contribution in [0, 0.1) is 0 Å². The van der Waals surface area contributed by atoms with Crippen molar-refractivity contribution in [3.8, 4) is 11.5 Å². The highest BCUT2D eigenvalue weighted by Gasteiger charge is 2.04. The van der Waals surface area contributed by atoms with Crippen LogP contribution in [0.5, 0.6) is 11.5 Å². The molecule has 0 aliphatic carbocycles. The van der Waals surface area contributed by atoms with E-state index in [1.165, 1.54) is 6.07 Å². The summed E-state index contributed by atoms with van der Waals surface area (Å²) >= 11 is 0. The number of phenolic OH excluding ortho intramolecular Hbond substituents is 2. The molecular formula is C11H14N4O2. The van der Waals surface area contributed by atoms with Crippen LogP contribution < -0.4 is 5.32 Å². The van der Waals surface area contributed by atoms with Crippen LogP contribution in [0.4, 0.5) is 0 Å². The zero-order valence-electron chi connectivity index (χ0n) is 9.24. The van der Waals surface area contributed by atoms with E-state index in [2.05, 4.69) is 15.6 Å². The first-order valence-electron chi connectivity index (χ1n) is 5.32. The molecule has 1 heterocycles. The molecule has 0 saturated carbocycles. The summed E-state index contributed by atoms with van der Waals surface area (Å²) in [4.78, 5) is 0. The Kier molecular flexibility index (Phi) is 3.56. The molecular weight excluding hydrogens is 220 g/mol. The van der Waals surface area contributed by atoms with E-state index in [0.717, 1.165) is 0 Å². The van der Waals surface area contributed by atoms with Gasteiger partial charge in [0, 0.05) is 24.8 Å². The van der Waals surface area contributed by atoms with Gasteiger partial charge in [-0.25, -0.2) is 0 Å². The minimum absolute atomic E-state index is 0.0687. The standard InChI is InChI=1S/C11H14N4O2/c16-10-3-1-2-9(11(10)17)8-12-4-6-15-7-5-13-14-15/h1-3,5,7,12,16-17H,4,6,8H2. The Bertz CT molecular complexity index is 470. The van der Waals surface area contributed by atoms with E-state index in [9.17, 15) is 10.2 Å². The minimum atomic E-state index is -0.0967. The quantitative estimate of drug-likeness (QED) is 0.517. The normalized spacial score (nSPS) is 10.6. The summed E-state index contributed by atoms with van der Waals surface area (Å²) in [7, 11) is 0. The molecule has 0 saturated heterocycles. The van der Waals surface area contributed by atoms with Crippen LogP contribution in [0.2, 0.25) is 0 Å². The molecule has 90 valence electrons. The number of hydrogen-bond donors (Lipinski definition) is 3. The molecule has 17 heavy (non-hydrogen) atoms. The molecule has 0 amide bonds. The molecule has 0 aliphatic rings. The average Bonchev–Trinajstić information content (AvgIpc) is 2.83. The van der Waals surface area contributed by atoms with Gasteiger partial charge in [-0.1, -0.05) is 17.3 Å². The minimum Gasteiger partial charge on any atom is -0.504 e. The Hall–Kier alpha value is -2.08. The van der Waals surface area contributed by atoms with Gasteiger partial charge in [-0.2, -0.15) is 0 Å². The number of nitrogens with one attached hydrogen (secondary N) is 1. The lowest BCUT2D eigenvalue weighted by Gasteiger charge is -2.07. The molecule has 0 aliphatic heterocycles. The second-order valence-electron chi connectivity index (χ2n) is 3.63. The highest BCUT2D eigenvalue weighted by molar-refractivity contribution is 5.44. The number of phenols is 2. The summed E-state index contributed by atoms with van der Waals surface area (Å²) in [5.74, 6) is -0.165. The number of hydrogen-bond acceptors (Lipinski definition) is 5. The fourth-order valence-electron chi connectivity index (χ4n) is 1.49. The van der Waals surface area contributed by atoms with Crippen molar-refractivity contribution < 1.29 is 10.2 Å². The predicted octanol–water partition coefficient (Wildman–Crippen LogP) is 0.479. The average molecular weight is 234 g/mol. The Morgan fingerprint density at radius 2 is 2.18 bits per heavy atom. The predicted molar refractivity (Wildman–Crippen MR) is 61.5 cm³/mol. The third-order valence-electron chi connectivity index (χ3n) is 2.40. The number of rotatable bonds is 5. The van der Waals surface area contributed by atoms with Crippen LogP contribution in [-0.2, 0) is 13.1 Å². The first-order valence-corrected chi connectivity index (χ1v) is 5.32. The van der Waals surface area contributed by atoms with Gasteiger partial charge in [0.05, 0.1) is 12.7 Å². The first-order chi connectivity index (χ1) is 8.27. The number of aromatic hydroxyl groups is 2. The Morgan fingerprint density at radius 3 is 2.94 bits per heavy atom. The van der Waals surface area contributed by atoms with Crippen molar-refractivity contribution in [1.82, 2.24) is 20.3 Å². The highest BCUT2D eigenvalue weighted by Crippen LogP contribution is 2.27. The van der Waals surface area contributed by atoms with E-state index in [0.29, 0.717) is 25.2 Å². The topological polar surface area (TPSA) is 83.2 Å². The van der Waals surface area contributed by atoms with Crippen LogP contribution in [0.1, 0.15) is 5.56 Å². The molecule has 0 fully saturated rings. The Balaban J connectivity index is 1.80. The molecule has 0 spiro atoms. The van der Waals surface area contributed by atoms with Crippen LogP contribution in [0.15, 0.2) is 30.6 Å². The molecule has 0 unspecified atom stereocenters. The molecule has 0 atom stereocenters. The van der Waals surface area contributed by atoms with Gasteiger partial charge < -0.3 is 15.5 Å². The smallest absolute Gasteiger partial charge is 0.161 e. The zero-order valence-corrected chi connectivity index (χ0v) is 9.24. The van der Waals surface area contributed by atoms with Gasteiger partial charge in [0.1, 0.15) is 0 Å². The lowest BCUT2D eigenvalue weighted by molar-refractivity contribution is 0.397. The van der Waals surface area contributed by atoms with Crippen LogP contribution in [-0.4, -0.2) is 31.8 Å². The van der Waals surface area contributed by atoms with Gasteiger partial charge >= 0.3 is 0 Å². The van der Waals surface area contributed by atoms with Crippen molar-refractivity contribution in [2.45, 2.75) is 13.1 Å². The summed E-state index contributed by atoms with van der Waals surface area (Å²) in [5.41, 5.74) is 0.670. The number of benzene rings is 1. The molecule has 3 N–H and O–H groups in total. The summed E-state index contributed by atoms with van der Waals surface area (Å²) in [6, 6.07) is 4.91. The molecule has 6 heteroatoms. The lowest BCUT2D eigenvalue weighted by atomic mass is 10.2. The van der Waals surface area contributed by atoms with E-state index in [4.69, 9.17) is 0 Å². The Labute approximate surface area is 98.5 Å². The van der Waals surface area contributed by atoms with Crippen molar-refractivity contribution in [3.05, 3.63) is 36.2 Å². The number of nitrogens with zero attached hydrogens (tertiary/aromatic N) is 3. The van der Waals surface area contributed by atoms with Gasteiger partial charge in [-0.3, -0.25) is 4.68 Å². The van der Waals surface area contributed by atoms with Gasteiger partial charge in [0.25, 0.3) is 0 Å². The molecule has 1 aromatic heterocycles. The van der Waals surface area contributed by atoms with Gasteiger partial charge in [0.15, 0.2) is 11.5 Å². The van der Waals surface area contributed by atoms with Crippen molar-refractivity contribution in [3.63, 3.8) is 0 Å². The van der Waals surface area contributed by atoms with E-state index in [1.807, 2.05) is 0 Å². The summed E-state index contributed by atoms with van der Waals surface area (Å²) in [6.45, 7) is 1.91. The monoisotopic (exact) mass is 234 g/mol. The van der Waals surface area contributed by atoms with Gasteiger partial charge in [-0.15, -0.1) is 5.10 Å². The summed E-state index contributed by atoms with van der Waals surface area (Å²) in [5, 5.41) is 29.5. The molecule has 2 rings (SSSR count). The van der Waals surface area contributed by atoms with Crippen molar-refractivity contribution >= 4 is 0 Å². The first kappa shape index (κ1) is 11.4. The van der Waals surface area contributed by atoms with E-state index in [-0.39, 0.29) is 11.5 Å². The highest BCUT2D eigenvalue weighted by atomic mass is 16.3. The van der Waals surface area contributed by atoms with Crippen LogP contribution in [0.25, 0.3) is 0 Å². The molecule has 1 aromatic carbocycles. The maximum Gasteiger partial charge on any atom is 0.161 e. The van der Waals surface area contributed by atoms with E-state index in [1.54, 1.807) is 29.2 Å². The van der Waals surface area contributed by atoms with Crippen molar-refractivity contribution in [2.75, 3.05) is 6.54 Å². The molecule has 2 aromatic rings. The van der Waals surface area contributed by atoms with E-state index < -0.39 is 0 Å². The zero-order chi connectivity index (χ0) is 12.1. The third-order valence-corrected chi connectivity index (χ3v) is 2.40. The maximum atomic E-state index is 9.56. The van der Waals surface area contributed by atoms with Crippen molar-refractivity contribution in [2.24, 2.45) is 0 Å². The fraction of sp³-hybridized carbons (Fsp3) is 0.273.